The zero-order valence-electron chi connectivity index (χ0n) is 7.32. The molecule has 0 aliphatic carbocycles. The molecule has 0 saturated heterocycles. The first-order valence-electron chi connectivity index (χ1n) is 3.79. The van der Waals surface area contributed by atoms with E-state index in [2.05, 4.69) is 16.1 Å². The third kappa shape index (κ3) is 6.44. The summed E-state index contributed by atoms with van der Waals surface area (Å²) in [5.74, 6) is -0.455. The van der Waals surface area contributed by atoms with Gasteiger partial charge >= 0.3 is 0 Å². The average Bonchev–Trinajstić information content (AvgIpc) is 2.03. The number of carbonyl (C=O) groups is 1. The molecule has 0 saturated carbocycles. The molecule has 0 bridgehead atoms. The van der Waals surface area contributed by atoms with Crippen LogP contribution in [0.1, 0.15) is 19.8 Å². The molecule has 0 fully saturated rings. The lowest BCUT2D eigenvalue weighted by atomic mass is 10.3. The molecule has 0 aromatic heterocycles. The van der Waals surface area contributed by atoms with Crippen LogP contribution in [0.15, 0.2) is 12.7 Å². The van der Waals surface area contributed by atoms with Crippen molar-refractivity contribution in [1.82, 2.24) is 5.32 Å². The minimum Gasteiger partial charge on any atom is -0.750 e. The number of amides is 1. The summed E-state index contributed by atoms with van der Waals surface area (Å²) in [5, 5.41) is 2.33. The predicted molar refractivity (Wildman–Crippen MR) is 47.0 cm³/mol. The summed E-state index contributed by atoms with van der Waals surface area (Å²) in [6.45, 7) is 5.08. The zero-order valence-corrected chi connectivity index (χ0v) is 8.13. The molecule has 13 heavy (non-hydrogen) atoms. The Hall–Kier alpha value is -0.720. The summed E-state index contributed by atoms with van der Waals surface area (Å²) in [4.78, 5) is 10.8. The Labute approximate surface area is 79.7 Å². The van der Waals surface area contributed by atoms with Crippen LogP contribution < -0.4 is 5.32 Å². The highest BCUT2D eigenvalue weighted by molar-refractivity contribution is 7.74. The van der Waals surface area contributed by atoms with Gasteiger partial charge in [0.1, 0.15) is 6.23 Å². The summed E-state index contributed by atoms with van der Waals surface area (Å²) in [6, 6.07) is 0. The fraction of sp³-hybridized carbons (Fsp3) is 0.571. The van der Waals surface area contributed by atoms with Gasteiger partial charge in [0, 0.05) is 0 Å². The molecule has 6 heteroatoms. The normalized spacial score (nSPS) is 14.6. The van der Waals surface area contributed by atoms with Crippen LogP contribution in [0.2, 0.25) is 0 Å². The lowest BCUT2D eigenvalue weighted by molar-refractivity contribution is -0.118. The standard InChI is InChI=1S/C7H13NO4S/c1-3-5-7(12-13(10)11)8-6(9)4-2/h4,7H,2-3,5H2,1H3,(H,8,9)(H,10,11)/p-1. The van der Waals surface area contributed by atoms with Crippen LogP contribution in [0.5, 0.6) is 0 Å². The Morgan fingerprint density at radius 2 is 2.46 bits per heavy atom. The topological polar surface area (TPSA) is 78.5 Å². The first-order valence-corrected chi connectivity index (χ1v) is 4.79. The minimum atomic E-state index is -2.61. The van der Waals surface area contributed by atoms with Gasteiger partial charge in [0.15, 0.2) is 0 Å². The number of nitrogens with one attached hydrogen (secondary N) is 1. The average molecular weight is 206 g/mol. The molecule has 0 aliphatic heterocycles. The second-order valence-electron chi connectivity index (χ2n) is 2.29. The molecule has 1 N–H and O–H groups in total. The molecule has 0 aromatic rings. The maximum absolute atomic E-state index is 10.8. The van der Waals surface area contributed by atoms with Crippen molar-refractivity contribution >= 4 is 17.3 Å². The lowest BCUT2D eigenvalue weighted by Crippen LogP contribution is -2.36. The number of rotatable bonds is 6. The van der Waals surface area contributed by atoms with Crippen molar-refractivity contribution in [2.75, 3.05) is 0 Å². The van der Waals surface area contributed by atoms with Crippen LogP contribution >= 0.6 is 0 Å². The molecule has 0 heterocycles. The van der Waals surface area contributed by atoms with E-state index < -0.39 is 23.5 Å². The molecule has 0 rings (SSSR count). The smallest absolute Gasteiger partial charge is 0.245 e. The van der Waals surface area contributed by atoms with Crippen LogP contribution in [0, 0.1) is 0 Å². The summed E-state index contributed by atoms with van der Waals surface area (Å²) in [6.07, 6.45) is 1.40. The third-order valence-corrected chi connectivity index (χ3v) is 1.62. The number of carbonyl (C=O) groups excluding carboxylic acids is 1. The van der Waals surface area contributed by atoms with Crippen LogP contribution in [-0.2, 0) is 20.3 Å². The van der Waals surface area contributed by atoms with Gasteiger partial charge in [0.2, 0.25) is 5.91 Å². The molecule has 2 atom stereocenters. The first-order chi connectivity index (χ1) is 6.10. The Kier molecular flexibility index (Phi) is 6.38. The summed E-state index contributed by atoms with van der Waals surface area (Å²) in [7, 11) is 0. The van der Waals surface area contributed by atoms with E-state index in [1.165, 1.54) is 0 Å². The van der Waals surface area contributed by atoms with Crippen molar-refractivity contribution in [3.05, 3.63) is 12.7 Å². The maximum atomic E-state index is 10.8. The fourth-order valence-electron chi connectivity index (χ4n) is 0.719. The van der Waals surface area contributed by atoms with E-state index in [0.717, 1.165) is 6.08 Å². The molecule has 0 aliphatic rings. The third-order valence-electron chi connectivity index (χ3n) is 1.23. The summed E-state index contributed by atoms with van der Waals surface area (Å²) in [5.41, 5.74) is 0. The van der Waals surface area contributed by atoms with Crippen molar-refractivity contribution in [2.45, 2.75) is 26.0 Å². The van der Waals surface area contributed by atoms with Crippen LogP contribution in [0.25, 0.3) is 0 Å². The summed E-state index contributed by atoms with van der Waals surface area (Å²) >= 11 is -2.61. The van der Waals surface area contributed by atoms with Gasteiger partial charge in [0.25, 0.3) is 0 Å². The maximum Gasteiger partial charge on any atom is 0.245 e. The Bertz CT molecular complexity index is 207. The molecule has 2 unspecified atom stereocenters. The van der Waals surface area contributed by atoms with E-state index in [1.54, 1.807) is 0 Å². The Morgan fingerprint density at radius 3 is 2.85 bits per heavy atom. The van der Waals surface area contributed by atoms with Crippen molar-refractivity contribution in [3.63, 3.8) is 0 Å². The van der Waals surface area contributed by atoms with E-state index in [0.29, 0.717) is 12.8 Å². The van der Waals surface area contributed by atoms with Gasteiger partial charge in [-0.05, 0) is 12.5 Å². The van der Waals surface area contributed by atoms with Crippen LogP contribution in [0.3, 0.4) is 0 Å². The highest BCUT2D eigenvalue weighted by Crippen LogP contribution is 2.00. The van der Waals surface area contributed by atoms with Crippen molar-refractivity contribution in [2.24, 2.45) is 0 Å². The number of hydrogen-bond donors (Lipinski definition) is 1. The van der Waals surface area contributed by atoms with Gasteiger partial charge in [-0.25, -0.2) is 4.21 Å². The van der Waals surface area contributed by atoms with Gasteiger partial charge in [0.05, 0.1) is 11.4 Å². The van der Waals surface area contributed by atoms with Crippen molar-refractivity contribution in [3.8, 4) is 0 Å². The van der Waals surface area contributed by atoms with Crippen LogP contribution in [0.4, 0.5) is 0 Å². The SMILES string of the molecule is C=CC(=O)NC(CCC)OS(=O)[O-]. The van der Waals surface area contributed by atoms with Crippen LogP contribution in [-0.4, -0.2) is 20.9 Å². The zero-order chi connectivity index (χ0) is 10.3. The number of hydrogen-bond acceptors (Lipinski definition) is 4. The van der Waals surface area contributed by atoms with Crippen molar-refractivity contribution < 1.29 is 17.7 Å². The molecule has 0 spiro atoms. The molecular weight excluding hydrogens is 194 g/mol. The minimum absolute atomic E-state index is 0.438. The highest BCUT2D eigenvalue weighted by atomic mass is 32.2. The monoisotopic (exact) mass is 206 g/mol. The molecular formula is C7H12NO4S-. The largest absolute Gasteiger partial charge is 0.750 e. The van der Waals surface area contributed by atoms with Gasteiger partial charge in [-0.2, -0.15) is 0 Å². The van der Waals surface area contributed by atoms with E-state index in [-0.39, 0.29) is 0 Å². The van der Waals surface area contributed by atoms with Gasteiger partial charge in [-0.1, -0.05) is 19.9 Å². The predicted octanol–water partition coefficient (Wildman–Crippen LogP) is 0.226. The fourth-order valence-corrected chi connectivity index (χ4v) is 1.05. The van der Waals surface area contributed by atoms with Gasteiger partial charge in [-0.15, -0.1) is 0 Å². The van der Waals surface area contributed by atoms with E-state index in [4.69, 9.17) is 0 Å². The highest BCUT2D eigenvalue weighted by Gasteiger charge is 2.09. The quantitative estimate of drug-likeness (QED) is 0.383. The van der Waals surface area contributed by atoms with Gasteiger partial charge in [-0.3, -0.25) is 8.98 Å². The second-order valence-corrected chi connectivity index (χ2v) is 2.89. The second kappa shape index (κ2) is 6.76. The molecule has 1 amide bonds. The van der Waals surface area contributed by atoms with E-state index >= 15 is 0 Å². The lowest BCUT2D eigenvalue weighted by Gasteiger charge is -2.18. The molecule has 0 radical (unpaired) electrons. The Morgan fingerprint density at radius 1 is 1.85 bits per heavy atom. The first kappa shape index (κ1) is 12.3. The molecule has 5 nitrogen and oxygen atoms in total. The van der Waals surface area contributed by atoms with Crippen molar-refractivity contribution in [1.29, 1.82) is 0 Å². The van der Waals surface area contributed by atoms with E-state index in [1.807, 2.05) is 6.92 Å². The molecule has 76 valence electrons. The molecule has 0 aromatic carbocycles. The van der Waals surface area contributed by atoms with E-state index in [9.17, 15) is 13.6 Å². The summed E-state index contributed by atoms with van der Waals surface area (Å²) < 4.78 is 24.7. The van der Waals surface area contributed by atoms with Gasteiger partial charge < -0.3 is 9.87 Å². The Balaban J connectivity index is 4.00.